The highest BCUT2D eigenvalue weighted by molar-refractivity contribution is 7.91. The maximum Gasteiger partial charge on any atom is 0.198 e. The number of halogens is 6. The average molecular weight is 788 g/mol. The Morgan fingerprint density at radius 3 is 1.64 bits per heavy atom. The Bertz CT molecular complexity index is 2210. The summed E-state index contributed by atoms with van der Waals surface area (Å²) in [7, 11) is 1.08. The first kappa shape index (κ1) is 43.4. The van der Waals surface area contributed by atoms with Gasteiger partial charge in [-0.25, -0.2) is 34.8 Å². The van der Waals surface area contributed by atoms with Crippen molar-refractivity contribution in [3.05, 3.63) is 153 Å². The zero-order valence-corrected chi connectivity index (χ0v) is 30.9. The van der Waals surface area contributed by atoms with Gasteiger partial charge in [-0.3, -0.25) is 14.6 Å². The number of ether oxygens (including phenoxy) is 3. The zero-order valence-electron chi connectivity index (χ0n) is 30.1. The molecule has 0 radical (unpaired) electrons. The van der Waals surface area contributed by atoms with E-state index in [1.807, 2.05) is 32.0 Å². The van der Waals surface area contributed by atoms with E-state index in [1.54, 1.807) is 55.8 Å². The van der Waals surface area contributed by atoms with Crippen LogP contribution in [-0.4, -0.2) is 53.9 Å². The van der Waals surface area contributed by atoms with E-state index in [2.05, 4.69) is 4.99 Å². The molecule has 290 valence electrons. The van der Waals surface area contributed by atoms with Gasteiger partial charge in [0.2, 0.25) is 0 Å². The van der Waals surface area contributed by atoms with Crippen LogP contribution in [-0.2, 0) is 16.3 Å². The second kappa shape index (κ2) is 19.9. The normalized spacial score (nSPS) is 10.8. The van der Waals surface area contributed by atoms with E-state index in [0.717, 1.165) is 22.4 Å². The zero-order chi connectivity index (χ0) is 40.9. The van der Waals surface area contributed by atoms with E-state index in [4.69, 9.17) is 14.2 Å². The van der Waals surface area contributed by atoms with Gasteiger partial charge in [-0.15, -0.1) is 0 Å². The first-order chi connectivity index (χ1) is 26.0. The van der Waals surface area contributed by atoms with Gasteiger partial charge < -0.3 is 14.2 Å². The molecule has 5 rings (SSSR count). The number of rotatable bonds is 11. The smallest absolute Gasteiger partial charge is 0.198 e. The molecule has 0 aromatic heterocycles. The molecule has 5 aromatic rings. The number of Topliss-reactive ketones (excluding diaryl/α,β-unsaturated/α-hetero) is 1. The van der Waals surface area contributed by atoms with Crippen LogP contribution < -0.4 is 14.2 Å². The molecule has 15 heteroatoms. The maximum absolute atomic E-state index is 13.6. The Labute approximate surface area is 313 Å². The van der Waals surface area contributed by atoms with Crippen molar-refractivity contribution in [1.29, 1.82) is 0 Å². The first-order valence-electron chi connectivity index (χ1n) is 15.9. The molecule has 0 unspecified atom stereocenters. The molecule has 5 aromatic carbocycles. The lowest BCUT2D eigenvalue weighted by molar-refractivity contribution is 0.0984. The minimum Gasteiger partial charge on any atom is -0.497 e. The number of ketones is 1. The Morgan fingerprint density at radius 2 is 1.15 bits per heavy atom. The van der Waals surface area contributed by atoms with Gasteiger partial charge in [0.05, 0.1) is 37.4 Å². The van der Waals surface area contributed by atoms with Gasteiger partial charge in [0.1, 0.15) is 58.0 Å². The molecule has 0 amide bonds. The fourth-order valence-electron chi connectivity index (χ4n) is 4.75. The van der Waals surface area contributed by atoms with Crippen LogP contribution in [0.4, 0.5) is 26.3 Å². The van der Waals surface area contributed by atoms with Gasteiger partial charge in [0.15, 0.2) is 21.9 Å². The van der Waals surface area contributed by atoms with Crippen LogP contribution in [0.5, 0.6) is 17.2 Å². The molecule has 0 aliphatic carbocycles. The fourth-order valence-corrected chi connectivity index (χ4v) is 5.72. The summed E-state index contributed by atoms with van der Waals surface area (Å²) in [6, 6.07) is 19.0. The third kappa shape index (κ3) is 12.8. The van der Waals surface area contributed by atoms with Crippen LogP contribution in [0.3, 0.4) is 0 Å². The summed E-state index contributed by atoms with van der Waals surface area (Å²) in [4.78, 5) is 26.4. The Balaban J connectivity index is 0.000000234. The number of carbonyl (C=O) groups excluding carboxylic acids is 2. The molecule has 0 fully saturated rings. The summed E-state index contributed by atoms with van der Waals surface area (Å²) in [5, 5.41) is 0. The highest BCUT2D eigenvalue weighted by Crippen LogP contribution is 2.25. The van der Waals surface area contributed by atoms with Crippen molar-refractivity contribution >= 4 is 28.1 Å². The molecule has 55 heavy (non-hydrogen) atoms. The van der Waals surface area contributed by atoms with Crippen LogP contribution >= 0.6 is 0 Å². The Hall–Kier alpha value is -5.96. The van der Waals surface area contributed by atoms with Gasteiger partial charge in [-0.1, -0.05) is 23.8 Å². The summed E-state index contributed by atoms with van der Waals surface area (Å²) < 4.78 is 117. The largest absolute Gasteiger partial charge is 0.497 e. The molecule has 0 bridgehead atoms. The summed E-state index contributed by atoms with van der Waals surface area (Å²) in [6.07, 6.45) is 1.29. The van der Waals surface area contributed by atoms with Crippen molar-refractivity contribution in [1.82, 2.24) is 0 Å². The van der Waals surface area contributed by atoms with E-state index in [9.17, 15) is 44.3 Å². The third-order valence-electron chi connectivity index (χ3n) is 7.40. The number of sulfone groups is 1. The molecule has 0 N–H and O–H groups in total. The highest BCUT2D eigenvalue weighted by Gasteiger charge is 2.20. The number of aldehydes is 1. The summed E-state index contributed by atoms with van der Waals surface area (Å²) >= 11 is 0. The van der Waals surface area contributed by atoms with Gasteiger partial charge in [0.25, 0.3) is 0 Å². The maximum atomic E-state index is 13.6. The van der Waals surface area contributed by atoms with Crippen molar-refractivity contribution < 1.29 is 58.6 Å². The molecule has 0 aliphatic heterocycles. The van der Waals surface area contributed by atoms with Crippen LogP contribution in [0.15, 0.2) is 94.8 Å². The van der Waals surface area contributed by atoms with E-state index < -0.39 is 61.7 Å². The van der Waals surface area contributed by atoms with E-state index >= 15 is 0 Å². The lowest BCUT2D eigenvalue weighted by Crippen LogP contribution is -2.10. The van der Waals surface area contributed by atoms with E-state index in [0.29, 0.717) is 41.3 Å². The number of benzene rings is 5. The summed E-state index contributed by atoms with van der Waals surface area (Å²) in [5.74, 6) is -6.38. The van der Waals surface area contributed by atoms with E-state index in [-0.39, 0.29) is 23.5 Å². The van der Waals surface area contributed by atoms with Crippen molar-refractivity contribution in [2.24, 2.45) is 4.99 Å². The Kier molecular flexibility index (Phi) is 15.7. The van der Waals surface area contributed by atoms with Crippen LogP contribution in [0.2, 0.25) is 0 Å². The summed E-state index contributed by atoms with van der Waals surface area (Å²) in [6.45, 7) is 3.86. The van der Waals surface area contributed by atoms with Crippen molar-refractivity contribution in [2.75, 3.05) is 27.2 Å². The second-order valence-electron chi connectivity index (χ2n) is 11.6. The van der Waals surface area contributed by atoms with Crippen molar-refractivity contribution in [3.63, 3.8) is 0 Å². The number of aryl methyl sites for hydroxylation is 2. The molecule has 0 spiro atoms. The van der Waals surface area contributed by atoms with E-state index in [1.165, 1.54) is 14.2 Å². The molecule has 0 atom stereocenters. The number of hydrogen-bond donors (Lipinski definition) is 0. The third-order valence-corrected chi connectivity index (χ3v) is 8.88. The van der Waals surface area contributed by atoms with Gasteiger partial charge >= 0.3 is 0 Å². The lowest BCUT2D eigenvalue weighted by Gasteiger charge is -2.09. The fraction of sp³-hybridized carbons (Fsp3) is 0.175. The number of hydrogen-bond acceptors (Lipinski definition) is 8. The topological polar surface area (TPSA) is 108 Å². The van der Waals surface area contributed by atoms with Crippen LogP contribution in [0.25, 0.3) is 0 Å². The minimum atomic E-state index is -3.40. The van der Waals surface area contributed by atoms with Crippen LogP contribution in [0.1, 0.15) is 43.0 Å². The molecule has 0 saturated carbocycles. The average Bonchev–Trinajstić information content (AvgIpc) is 3.11. The van der Waals surface area contributed by atoms with Gasteiger partial charge in [0, 0.05) is 43.0 Å². The molecular weight excluding hydrogens is 752 g/mol. The SMILES string of the molecule is COc1cc(C)cc(C=NCS(=O)(=O)c2ccc(C)cc2)c1.COc1cc(CC(=O)c2c(F)cc(F)cc2F)cc(OC)c1.O=Cc1c(F)cc(F)cc1F. The standard InChI is InChI=1S/C17H19NO3S.C16H13F3O3.C7H3F3O/c1-13-4-6-17(7-5-13)22(19,20)12-18-11-15-8-14(2)9-16(10-15)21-3;1-21-11-3-9(4-12(8-11)22-2)5-15(20)16-13(18)6-10(17)7-14(16)19;8-4-1-6(9)5(3-11)7(10)2-4/h4-11H,12H2,1-3H3;3-4,6-8H,5H2,1-2H3;1-3H. The minimum absolute atomic E-state index is 0.00407. The number of nitrogens with zero attached hydrogens (tertiary/aromatic N) is 1. The van der Waals surface area contributed by atoms with Crippen molar-refractivity contribution in [2.45, 2.75) is 25.2 Å². The second-order valence-corrected chi connectivity index (χ2v) is 13.6. The molecule has 0 heterocycles. The van der Waals surface area contributed by atoms with Gasteiger partial charge in [-0.05, 0) is 66.9 Å². The van der Waals surface area contributed by atoms with Crippen molar-refractivity contribution in [3.8, 4) is 17.2 Å². The van der Waals surface area contributed by atoms with Crippen LogP contribution in [0, 0.1) is 48.8 Å². The number of carbonyl (C=O) groups is 2. The molecular formula is C40H35F6NO7S. The predicted molar refractivity (Wildman–Crippen MR) is 194 cm³/mol. The molecule has 0 saturated heterocycles. The number of aliphatic imine (C=N–C) groups is 1. The van der Waals surface area contributed by atoms with Gasteiger partial charge in [-0.2, -0.15) is 0 Å². The first-order valence-corrected chi connectivity index (χ1v) is 17.6. The molecule has 0 aliphatic rings. The lowest BCUT2D eigenvalue weighted by atomic mass is 10.0. The molecule has 8 nitrogen and oxygen atoms in total. The number of methoxy groups -OCH3 is 3. The predicted octanol–water partition coefficient (Wildman–Crippen LogP) is 8.63. The summed E-state index contributed by atoms with van der Waals surface area (Å²) in [5.41, 5.74) is 1.83. The monoisotopic (exact) mass is 787 g/mol. The highest BCUT2D eigenvalue weighted by atomic mass is 32.2. The quantitative estimate of drug-likeness (QED) is 0.0571. The Morgan fingerprint density at radius 1 is 0.655 bits per heavy atom.